The zero-order valence-corrected chi connectivity index (χ0v) is 32.2. The van der Waals surface area contributed by atoms with Crippen molar-refractivity contribution in [1.82, 2.24) is 0 Å². The van der Waals surface area contributed by atoms with Crippen LogP contribution in [0.1, 0.15) is 89.0 Å². The van der Waals surface area contributed by atoms with Crippen molar-refractivity contribution in [2.24, 2.45) is 0 Å². The van der Waals surface area contributed by atoms with Crippen molar-refractivity contribution in [2.45, 2.75) is 92.2 Å². The van der Waals surface area contributed by atoms with Crippen LogP contribution >= 0.6 is 17.0 Å². The van der Waals surface area contributed by atoms with Gasteiger partial charge in [0.05, 0.1) is 0 Å². The molecule has 0 spiro atoms. The topological polar surface area (TPSA) is 0 Å². The van der Waals surface area contributed by atoms with E-state index in [2.05, 4.69) is 153 Å². The summed E-state index contributed by atoms with van der Waals surface area (Å²) >= 11 is -0.826. The zero-order chi connectivity index (χ0) is 31.4. The molecule has 0 nitrogen and oxygen atoms in total. The molecule has 0 N–H and O–H groups in total. The van der Waals surface area contributed by atoms with E-state index in [4.69, 9.17) is 17.0 Å². The minimum atomic E-state index is -0.826. The second kappa shape index (κ2) is 17.8. The van der Waals surface area contributed by atoms with Crippen LogP contribution in [-0.4, -0.2) is 9.52 Å². The molecular formula is C38H48Cl2SiZr. The number of hydrogen-bond donors (Lipinski definition) is 0. The first kappa shape index (κ1) is 36.8. The van der Waals surface area contributed by atoms with Crippen molar-refractivity contribution < 1.29 is 20.8 Å². The SMILES string of the molecule is CCC(C)c1cccc2[cH-]c(C(C)C)cc12.C[Si]C.Cc1cc2c(-c3ccc(C(C)(C)C)cc3)cccc2[cH-]1.[Cl][Zr+2][Cl]. The van der Waals surface area contributed by atoms with Gasteiger partial charge in [-0.15, -0.1) is 69.1 Å². The van der Waals surface area contributed by atoms with Gasteiger partial charge < -0.3 is 0 Å². The Bertz CT molecular complexity index is 1480. The van der Waals surface area contributed by atoms with E-state index in [1.807, 2.05) is 0 Å². The van der Waals surface area contributed by atoms with Crippen LogP contribution in [0.25, 0.3) is 32.7 Å². The van der Waals surface area contributed by atoms with Crippen molar-refractivity contribution >= 4 is 48.1 Å². The van der Waals surface area contributed by atoms with E-state index in [0.29, 0.717) is 11.8 Å². The van der Waals surface area contributed by atoms with Crippen LogP contribution in [-0.2, 0) is 26.3 Å². The van der Waals surface area contributed by atoms with Gasteiger partial charge in [-0.3, -0.25) is 0 Å². The molecule has 0 fully saturated rings. The predicted octanol–water partition coefficient (Wildman–Crippen LogP) is 13.2. The van der Waals surface area contributed by atoms with Gasteiger partial charge >= 0.3 is 37.9 Å². The Morgan fingerprint density at radius 2 is 1.36 bits per heavy atom. The number of hydrogen-bond acceptors (Lipinski definition) is 0. The molecule has 0 saturated carbocycles. The molecule has 0 aromatic heterocycles. The first-order valence-corrected chi connectivity index (χ1v) is 23.3. The molecule has 2 radical (unpaired) electrons. The summed E-state index contributed by atoms with van der Waals surface area (Å²) in [5.41, 5.74) is 8.52. The molecule has 1 atom stereocenters. The minimum absolute atomic E-state index is 0.210. The van der Waals surface area contributed by atoms with Gasteiger partial charge in [-0.2, -0.15) is 12.1 Å². The van der Waals surface area contributed by atoms with Gasteiger partial charge in [0, 0.05) is 9.52 Å². The van der Waals surface area contributed by atoms with E-state index in [-0.39, 0.29) is 5.41 Å². The molecule has 0 aliphatic rings. The van der Waals surface area contributed by atoms with Crippen molar-refractivity contribution in [1.29, 1.82) is 0 Å². The molecule has 0 aliphatic heterocycles. The van der Waals surface area contributed by atoms with Crippen molar-refractivity contribution in [3.8, 4) is 11.1 Å². The van der Waals surface area contributed by atoms with E-state index in [0.717, 1.165) is 9.52 Å². The Morgan fingerprint density at radius 1 is 0.810 bits per heavy atom. The number of aryl methyl sites for hydroxylation is 1. The second-order valence-corrected chi connectivity index (χ2v) is 17.1. The molecule has 5 aromatic rings. The molecule has 1 unspecified atom stereocenters. The summed E-state index contributed by atoms with van der Waals surface area (Å²) in [5.74, 6) is 1.28. The molecular weight excluding hydrogens is 647 g/mol. The van der Waals surface area contributed by atoms with Gasteiger partial charge in [0.25, 0.3) is 0 Å². The van der Waals surface area contributed by atoms with Gasteiger partial charge in [-0.05, 0) is 28.4 Å². The van der Waals surface area contributed by atoms with Gasteiger partial charge in [0.15, 0.2) is 0 Å². The van der Waals surface area contributed by atoms with E-state index in [1.165, 1.54) is 61.3 Å². The first-order chi connectivity index (χ1) is 19.9. The van der Waals surface area contributed by atoms with Crippen LogP contribution in [0.2, 0.25) is 13.1 Å². The Kier molecular flexibility index (Phi) is 15.5. The Hall–Kier alpha value is -1.44. The second-order valence-electron chi connectivity index (χ2n) is 12.3. The number of fused-ring (bicyclic) bond motifs is 2. The Morgan fingerprint density at radius 3 is 1.88 bits per heavy atom. The summed E-state index contributed by atoms with van der Waals surface area (Å²) in [5, 5.41) is 5.55. The number of halogens is 2. The predicted molar refractivity (Wildman–Crippen MR) is 190 cm³/mol. The van der Waals surface area contributed by atoms with Gasteiger partial charge in [0.2, 0.25) is 0 Å². The van der Waals surface area contributed by atoms with Crippen LogP contribution in [0.4, 0.5) is 0 Å². The summed E-state index contributed by atoms with van der Waals surface area (Å²) in [6.07, 6.45) is 1.21. The summed E-state index contributed by atoms with van der Waals surface area (Å²) in [4.78, 5) is 0. The van der Waals surface area contributed by atoms with Crippen molar-refractivity contribution in [3.05, 3.63) is 107 Å². The fourth-order valence-corrected chi connectivity index (χ4v) is 5.05. The first-order valence-electron chi connectivity index (χ1n) is 14.9. The quantitative estimate of drug-likeness (QED) is 0.130. The third-order valence-corrected chi connectivity index (χ3v) is 7.57. The standard InChI is InChI=1S/C20H21.C16H21.C2H6Si.2ClH.Zr/c1-14-12-16-6-5-7-18(19(16)13-14)15-8-10-17(11-9-15)20(2,3)4;1-5-12(4)15-8-6-7-13-9-14(11(2)3)10-16(13)15;1-3-2;;;/h5-13H,1-4H3;6-12H,5H2,1-4H3;1-2H3;2*1H;/q2*-1;;;;+4/p-2. The van der Waals surface area contributed by atoms with Crippen molar-refractivity contribution in [2.75, 3.05) is 0 Å². The summed E-state index contributed by atoms with van der Waals surface area (Å²) in [6.45, 7) is 22.3. The van der Waals surface area contributed by atoms with Crippen LogP contribution in [0.3, 0.4) is 0 Å². The maximum absolute atomic E-state index is 4.93. The average molecular weight is 695 g/mol. The van der Waals surface area contributed by atoms with E-state index in [1.54, 1.807) is 0 Å². The molecule has 42 heavy (non-hydrogen) atoms. The molecule has 222 valence electrons. The summed E-state index contributed by atoms with van der Waals surface area (Å²) in [6, 6.07) is 31.5. The maximum atomic E-state index is 4.93. The van der Waals surface area contributed by atoms with Crippen LogP contribution in [0, 0.1) is 6.92 Å². The molecule has 5 aromatic carbocycles. The van der Waals surface area contributed by atoms with Crippen LogP contribution in [0.5, 0.6) is 0 Å². The van der Waals surface area contributed by atoms with E-state index in [9.17, 15) is 0 Å². The van der Waals surface area contributed by atoms with Gasteiger partial charge in [-0.25, -0.2) is 0 Å². The number of benzene rings is 3. The molecule has 0 aliphatic carbocycles. The van der Waals surface area contributed by atoms with Gasteiger partial charge in [-0.1, -0.05) is 122 Å². The molecule has 5 rings (SSSR count). The third kappa shape index (κ3) is 10.3. The third-order valence-electron chi connectivity index (χ3n) is 7.57. The summed E-state index contributed by atoms with van der Waals surface area (Å²) < 4.78 is 0. The van der Waals surface area contributed by atoms with Crippen molar-refractivity contribution in [3.63, 3.8) is 0 Å². The molecule has 0 heterocycles. The monoisotopic (exact) mass is 692 g/mol. The van der Waals surface area contributed by atoms with Gasteiger partial charge in [0.1, 0.15) is 0 Å². The Balaban J connectivity index is 0.000000252. The fraction of sp³-hybridized carbons (Fsp3) is 0.368. The molecule has 0 amide bonds. The number of rotatable bonds is 4. The zero-order valence-electron chi connectivity index (χ0n) is 27.2. The van der Waals surface area contributed by atoms with E-state index >= 15 is 0 Å². The normalized spacial score (nSPS) is 11.5. The molecule has 0 bridgehead atoms. The Labute approximate surface area is 277 Å². The van der Waals surface area contributed by atoms with Crippen LogP contribution < -0.4 is 0 Å². The van der Waals surface area contributed by atoms with E-state index < -0.39 is 20.8 Å². The fourth-order valence-electron chi connectivity index (χ4n) is 5.05. The average Bonchev–Trinajstić information content (AvgIpc) is 3.56. The molecule has 0 saturated heterocycles. The summed E-state index contributed by atoms with van der Waals surface area (Å²) in [7, 11) is 11.0. The molecule has 4 heteroatoms. The van der Waals surface area contributed by atoms with Crippen LogP contribution in [0.15, 0.2) is 84.9 Å².